The van der Waals surface area contributed by atoms with Crippen LogP contribution in [-0.4, -0.2) is 74.4 Å². The van der Waals surface area contributed by atoms with E-state index in [-0.39, 0.29) is 18.6 Å². The summed E-state index contributed by atoms with van der Waals surface area (Å²) in [4.78, 5) is 16.2. The molecule has 0 bridgehead atoms. The zero-order valence-electron chi connectivity index (χ0n) is 11.7. The lowest BCUT2D eigenvalue weighted by molar-refractivity contribution is -0.135. The highest BCUT2D eigenvalue weighted by Gasteiger charge is 2.34. The van der Waals surface area contributed by atoms with Gasteiger partial charge in [0.2, 0.25) is 5.91 Å². The van der Waals surface area contributed by atoms with Crippen molar-refractivity contribution in [2.75, 3.05) is 46.5 Å². The molecule has 2 atom stereocenters. The fraction of sp³-hybridized carbons (Fsp3) is 0.786. The molecule has 2 saturated heterocycles. The van der Waals surface area contributed by atoms with Crippen molar-refractivity contribution in [2.24, 2.45) is 0 Å². The number of fused-ring (bicyclic) bond motifs is 1. The van der Waals surface area contributed by atoms with Crippen LogP contribution in [0.25, 0.3) is 0 Å². The van der Waals surface area contributed by atoms with E-state index in [0.717, 1.165) is 45.6 Å². The second kappa shape index (κ2) is 7.03. The fourth-order valence-corrected chi connectivity index (χ4v) is 3.02. The summed E-state index contributed by atoms with van der Waals surface area (Å²) >= 11 is 0. The van der Waals surface area contributed by atoms with Crippen LogP contribution in [-0.2, 0) is 14.3 Å². The zero-order valence-corrected chi connectivity index (χ0v) is 11.7. The molecule has 2 aliphatic heterocycles. The average Bonchev–Trinajstić information content (AvgIpc) is 2.62. The van der Waals surface area contributed by atoms with Crippen LogP contribution in [0.3, 0.4) is 0 Å². The van der Waals surface area contributed by atoms with E-state index in [0.29, 0.717) is 6.04 Å². The maximum Gasteiger partial charge on any atom is 0.248 e. The highest BCUT2D eigenvalue weighted by molar-refractivity contribution is 5.77. The minimum Gasteiger partial charge on any atom is -0.375 e. The largest absolute Gasteiger partial charge is 0.375 e. The maximum atomic E-state index is 11.9. The lowest BCUT2D eigenvalue weighted by Gasteiger charge is -2.39. The summed E-state index contributed by atoms with van der Waals surface area (Å²) in [6, 6.07) is 0.409. The molecule has 2 heterocycles. The summed E-state index contributed by atoms with van der Waals surface area (Å²) in [6.07, 6.45) is 4.07. The topological polar surface area (TPSA) is 42.0 Å². The quantitative estimate of drug-likeness (QED) is 0.697. The molecule has 0 N–H and O–H groups in total. The van der Waals surface area contributed by atoms with E-state index in [9.17, 15) is 4.79 Å². The first-order chi connectivity index (χ1) is 9.26. The van der Waals surface area contributed by atoms with E-state index in [1.807, 2.05) is 11.0 Å². The maximum absolute atomic E-state index is 11.9. The molecule has 0 aromatic heterocycles. The van der Waals surface area contributed by atoms with Gasteiger partial charge in [0.05, 0.1) is 12.7 Å². The molecular formula is C14H24N2O3. The number of methoxy groups -OCH3 is 1. The van der Waals surface area contributed by atoms with Gasteiger partial charge < -0.3 is 14.4 Å². The number of likely N-dealkylation sites (tertiary alicyclic amines) is 1. The predicted octanol–water partition coefficient (Wildman–Crippen LogP) is 0.511. The Balaban J connectivity index is 1.97. The van der Waals surface area contributed by atoms with Gasteiger partial charge in [0, 0.05) is 39.3 Å². The number of morpholine rings is 1. The summed E-state index contributed by atoms with van der Waals surface area (Å²) in [5, 5.41) is 0. The Morgan fingerprint density at radius 2 is 2.21 bits per heavy atom. The molecule has 0 radical (unpaired) electrons. The van der Waals surface area contributed by atoms with Gasteiger partial charge in [0.15, 0.2) is 0 Å². The van der Waals surface area contributed by atoms with Gasteiger partial charge in [0.25, 0.3) is 0 Å². The molecule has 2 unspecified atom stereocenters. The second-order valence-corrected chi connectivity index (χ2v) is 5.15. The van der Waals surface area contributed by atoms with Crippen LogP contribution in [0.15, 0.2) is 12.7 Å². The summed E-state index contributed by atoms with van der Waals surface area (Å²) in [7, 11) is 1.56. The van der Waals surface area contributed by atoms with E-state index >= 15 is 0 Å². The van der Waals surface area contributed by atoms with E-state index in [1.165, 1.54) is 0 Å². The van der Waals surface area contributed by atoms with Crippen molar-refractivity contribution in [3.8, 4) is 0 Å². The summed E-state index contributed by atoms with van der Waals surface area (Å²) < 4.78 is 10.8. The number of carbonyl (C=O) groups is 1. The molecule has 5 nitrogen and oxygen atoms in total. The fourth-order valence-electron chi connectivity index (χ4n) is 3.02. The Labute approximate surface area is 115 Å². The van der Waals surface area contributed by atoms with Gasteiger partial charge in [-0.05, 0) is 12.8 Å². The minimum absolute atomic E-state index is 0.0800. The Bertz CT molecular complexity index is 322. The van der Waals surface area contributed by atoms with Crippen molar-refractivity contribution >= 4 is 5.91 Å². The zero-order chi connectivity index (χ0) is 13.7. The first kappa shape index (κ1) is 14.5. The molecule has 1 amide bonds. The van der Waals surface area contributed by atoms with Crippen LogP contribution in [0.4, 0.5) is 0 Å². The monoisotopic (exact) mass is 268 g/mol. The Morgan fingerprint density at radius 3 is 2.95 bits per heavy atom. The third-order valence-corrected chi connectivity index (χ3v) is 3.97. The summed E-state index contributed by atoms with van der Waals surface area (Å²) in [5.74, 6) is 0.0800. The van der Waals surface area contributed by atoms with Crippen molar-refractivity contribution in [2.45, 2.75) is 25.0 Å². The summed E-state index contributed by atoms with van der Waals surface area (Å²) in [6.45, 7) is 8.19. The van der Waals surface area contributed by atoms with Gasteiger partial charge in [-0.2, -0.15) is 0 Å². The average molecular weight is 268 g/mol. The number of nitrogens with zero attached hydrogens (tertiary/aromatic N) is 2. The number of ether oxygens (including phenoxy) is 2. The molecular weight excluding hydrogens is 244 g/mol. The lowest BCUT2D eigenvalue weighted by atomic mass is 10.0. The minimum atomic E-state index is 0.0800. The van der Waals surface area contributed by atoms with Crippen LogP contribution >= 0.6 is 0 Å². The Kier molecular flexibility index (Phi) is 5.36. The van der Waals surface area contributed by atoms with E-state index < -0.39 is 0 Å². The van der Waals surface area contributed by atoms with Gasteiger partial charge >= 0.3 is 0 Å². The standard InChI is InChI=1S/C14H24N2O3/c1-3-6-15-9-10-19-13-5-8-16(7-4-12(13)15)14(17)11-18-2/h3,12-13H,1,4-11H2,2H3. The number of rotatable bonds is 4. The third kappa shape index (κ3) is 3.55. The van der Waals surface area contributed by atoms with Gasteiger partial charge in [-0.1, -0.05) is 6.08 Å². The summed E-state index contributed by atoms with van der Waals surface area (Å²) in [5.41, 5.74) is 0. The molecule has 19 heavy (non-hydrogen) atoms. The molecule has 5 heteroatoms. The highest BCUT2D eigenvalue weighted by atomic mass is 16.5. The molecule has 2 rings (SSSR count). The predicted molar refractivity (Wildman–Crippen MR) is 73.0 cm³/mol. The SMILES string of the molecule is C=CCN1CCOC2CCN(C(=O)COC)CCC21. The first-order valence-electron chi connectivity index (χ1n) is 6.99. The molecule has 2 aliphatic rings. The van der Waals surface area contributed by atoms with Crippen LogP contribution in [0.2, 0.25) is 0 Å². The molecule has 108 valence electrons. The molecule has 0 aromatic carbocycles. The lowest BCUT2D eigenvalue weighted by Crippen LogP contribution is -2.51. The second-order valence-electron chi connectivity index (χ2n) is 5.15. The molecule has 0 saturated carbocycles. The number of hydrogen-bond donors (Lipinski definition) is 0. The molecule has 2 fully saturated rings. The Morgan fingerprint density at radius 1 is 1.42 bits per heavy atom. The number of carbonyl (C=O) groups excluding carboxylic acids is 1. The van der Waals surface area contributed by atoms with Crippen molar-refractivity contribution < 1.29 is 14.3 Å². The van der Waals surface area contributed by atoms with Crippen molar-refractivity contribution in [3.05, 3.63) is 12.7 Å². The number of hydrogen-bond acceptors (Lipinski definition) is 4. The molecule has 0 aromatic rings. The first-order valence-corrected chi connectivity index (χ1v) is 6.99. The Hall–Kier alpha value is -0.910. The van der Waals surface area contributed by atoms with Crippen LogP contribution in [0.5, 0.6) is 0 Å². The van der Waals surface area contributed by atoms with E-state index in [4.69, 9.17) is 9.47 Å². The normalized spacial score (nSPS) is 28.6. The van der Waals surface area contributed by atoms with Crippen LogP contribution in [0.1, 0.15) is 12.8 Å². The third-order valence-electron chi connectivity index (χ3n) is 3.97. The van der Waals surface area contributed by atoms with E-state index in [1.54, 1.807) is 7.11 Å². The van der Waals surface area contributed by atoms with Gasteiger partial charge in [-0.3, -0.25) is 9.69 Å². The highest BCUT2D eigenvalue weighted by Crippen LogP contribution is 2.23. The van der Waals surface area contributed by atoms with Crippen molar-refractivity contribution in [1.82, 2.24) is 9.80 Å². The van der Waals surface area contributed by atoms with Crippen LogP contribution in [0, 0.1) is 0 Å². The van der Waals surface area contributed by atoms with Gasteiger partial charge in [-0.25, -0.2) is 0 Å². The van der Waals surface area contributed by atoms with Crippen LogP contribution < -0.4 is 0 Å². The molecule has 0 spiro atoms. The number of amides is 1. The van der Waals surface area contributed by atoms with Crippen molar-refractivity contribution in [1.29, 1.82) is 0 Å². The smallest absolute Gasteiger partial charge is 0.248 e. The van der Waals surface area contributed by atoms with Crippen molar-refractivity contribution in [3.63, 3.8) is 0 Å². The van der Waals surface area contributed by atoms with Gasteiger partial charge in [0.1, 0.15) is 6.61 Å². The molecule has 0 aliphatic carbocycles. The van der Waals surface area contributed by atoms with Gasteiger partial charge in [-0.15, -0.1) is 6.58 Å². The van der Waals surface area contributed by atoms with E-state index in [2.05, 4.69) is 11.5 Å².